The third-order valence-corrected chi connectivity index (χ3v) is 3.63. The van der Waals surface area contributed by atoms with Gasteiger partial charge in [0.1, 0.15) is 5.01 Å². The first-order valence-corrected chi connectivity index (χ1v) is 6.09. The molecule has 0 aliphatic rings. The summed E-state index contributed by atoms with van der Waals surface area (Å²) in [6, 6.07) is 0.290. The van der Waals surface area contributed by atoms with Gasteiger partial charge in [0.2, 0.25) is 0 Å². The Bertz CT molecular complexity index is 457. The molecule has 2 aromatic heterocycles. The highest BCUT2D eigenvalue weighted by atomic mass is 32.1. The Balaban J connectivity index is 2.29. The predicted octanol–water partition coefficient (Wildman–Crippen LogP) is 1.91. The lowest BCUT2D eigenvalue weighted by Crippen LogP contribution is -2.14. The van der Waals surface area contributed by atoms with Crippen molar-refractivity contribution >= 4 is 11.3 Å². The number of aromatic amines is 1. The number of aryl methyl sites for hydroxylation is 1. The molecule has 0 spiro atoms. The van der Waals surface area contributed by atoms with Crippen LogP contribution in [0, 0.1) is 6.92 Å². The Morgan fingerprint density at radius 2 is 2.31 bits per heavy atom. The summed E-state index contributed by atoms with van der Waals surface area (Å²) >= 11 is 1.62. The van der Waals surface area contributed by atoms with E-state index < -0.39 is 0 Å². The van der Waals surface area contributed by atoms with Gasteiger partial charge >= 0.3 is 0 Å². The third kappa shape index (κ3) is 1.98. The molecule has 0 aliphatic carbocycles. The summed E-state index contributed by atoms with van der Waals surface area (Å²) in [5, 5.41) is 20.5. The molecule has 1 unspecified atom stereocenters. The van der Waals surface area contributed by atoms with Crippen LogP contribution in [-0.4, -0.2) is 27.4 Å². The molecule has 0 bridgehead atoms. The quantitative estimate of drug-likeness (QED) is 0.852. The predicted molar refractivity (Wildman–Crippen MR) is 64.3 cm³/mol. The first kappa shape index (κ1) is 11.2. The van der Waals surface area contributed by atoms with Gasteiger partial charge in [0.25, 0.3) is 0 Å². The number of nitrogens with one attached hydrogen (secondary N) is 2. The smallest absolute Gasteiger partial charge is 0.151 e. The van der Waals surface area contributed by atoms with Crippen molar-refractivity contribution < 1.29 is 0 Å². The normalized spacial score (nSPS) is 12.9. The van der Waals surface area contributed by atoms with Crippen LogP contribution in [0.2, 0.25) is 0 Å². The van der Waals surface area contributed by atoms with Gasteiger partial charge in [-0.3, -0.25) is 5.10 Å². The van der Waals surface area contributed by atoms with Crippen molar-refractivity contribution in [2.75, 3.05) is 7.05 Å². The molecule has 16 heavy (non-hydrogen) atoms. The molecule has 0 radical (unpaired) electrons. The second-order valence-electron chi connectivity index (χ2n) is 3.60. The summed E-state index contributed by atoms with van der Waals surface area (Å²) in [6.07, 6.45) is 2.80. The fourth-order valence-electron chi connectivity index (χ4n) is 1.55. The molecule has 2 rings (SSSR count). The molecule has 5 nitrogen and oxygen atoms in total. The van der Waals surface area contributed by atoms with Crippen LogP contribution in [0.3, 0.4) is 0 Å². The van der Waals surface area contributed by atoms with Crippen LogP contribution in [0.15, 0.2) is 6.20 Å². The molecule has 1 atom stereocenters. The maximum absolute atomic E-state index is 4.22. The molecule has 2 N–H and O–H groups in total. The monoisotopic (exact) mass is 237 g/mol. The van der Waals surface area contributed by atoms with Gasteiger partial charge in [0.05, 0.1) is 17.8 Å². The maximum Gasteiger partial charge on any atom is 0.151 e. The summed E-state index contributed by atoms with van der Waals surface area (Å²) in [6.45, 7) is 4.12. The average Bonchev–Trinajstić information content (AvgIpc) is 2.89. The van der Waals surface area contributed by atoms with E-state index in [2.05, 4.69) is 32.6 Å². The van der Waals surface area contributed by atoms with Crippen molar-refractivity contribution in [3.63, 3.8) is 0 Å². The SMILES string of the molecule is CCC(NC)c1nnc(-c2cn[nH]c2C)s1. The highest BCUT2D eigenvalue weighted by molar-refractivity contribution is 7.14. The van der Waals surface area contributed by atoms with Crippen LogP contribution in [0.25, 0.3) is 10.6 Å². The van der Waals surface area contributed by atoms with Gasteiger partial charge in [-0.15, -0.1) is 10.2 Å². The molecule has 2 aromatic rings. The fraction of sp³-hybridized carbons (Fsp3) is 0.500. The zero-order chi connectivity index (χ0) is 11.5. The third-order valence-electron chi connectivity index (χ3n) is 2.56. The molecular weight excluding hydrogens is 222 g/mol. The van der Waals surface area contributed by atoms with Crippen LogP contribution >= 0.6 is 11.3 Å². The van der Waals surface area contributed by atoms with Crippen LogP contribution in [-0.2, 0) is 0 Å². The Kier molecular flexibility index (Phi) is 3.31. The van der Waals surface area contributed by atoms with E-state index in [0.717, 1.165) is 27.7 Å². The number of hydrogen-bond acceptors (Lipinski definition) is 5. The van der Waals surface area contributed by atoms with Gasteiger partial charge < -0.3 is 5.32 Å². The molecule has 0 fully saturated rings. The molecule has 0 aliphatic heterocycles. The molecule has 86 valence electrons. The largest absolute Gasteiger partial charge is 0.311 e. The summed E-state index contributed by atoms with van der Waals surface area (Å²) < 4.78 is 0. The topological polar surface area (TPSA) is 66.5 Å². The maximum atomic E-state index is 4.22. The summed E-state index contributed by atoms with van der Waals surface area (Å²) in [5.41, 5.74) is 2.06. The average molecular weight is 237 g/mol. The molecule has 0 amide bonds. The van der Waals surface area contributed by atoms with Gasteiger partial charge in [-0.05, 0) is 20.4 Å². The van der Waals surface area contributed by atoms with Crippen LogP contribution in [0.4, 0.5) is 0 Å². The molecule has 0 saturated carbocycles. The van der Waals surface area contributed by atoms with E-state index in [1.807, 2.05) is 14.0 Å². The van der Waals surface area contributed by atoms with Crippen molar-refractivity contribution in [2.24, 2.45) is 0 Å². The molecule has 6 heteroatoms. The Morgan fingerprint density at radius 3 is 2.88 bits per heavy atom. The first-order valence-electron chi connectivity index (χ1n) is 5.27. The second-order valence-corrected chi connectivity index (χ2v) is 4.61. The van der Waals surface area contributed by atoms with Gasteiger partial charge in [0.15, 0.2) is 5.01 Å². The van der Waals surface area contributed by atoms with Crippen molar-refractivity contribution in [1.82, 2.24) is 25.7 Å². The second kappa shape index (κ2) is 4.71. The van der Waals surface area contributed by atoms with Crippen molar-refractivity contribution in [3.05, 3.63) is 16.9 Å². The van der Waals surface area contributed by atoms with Gasteiger partial charge in [0, 0.05) is 5.69 Å². The highest BCUT2D eigenvalue weighted by Gasteiger charge is 2.15. The highest BCUT2D eigenvalue weighted by Crippen LogP contribution is 2.28. The van der Waals surface area contributed by atoms with Crippen molar-refractivity contribution in [1.29, 1.82) is 0 Å². The summed E-state index contributed by atoms with van der Waals surface area (Å²) in [4.78, 5) is 0. The van der Waals surface area contributed by atoms with Crippen LogP contribution in [0.1, 0.15) is 30.1 Å². The minimum atomic E-state index is 0.290. The molecule has 0 saturated heterocycles. The lowest BCUT2D eigenvalue weighted by Gasteiger charge is -2.07. The van der Waals surface area contributed by atoms with E-state index in [1.54, 1.807) is 17.5 Å². The van der Waals surface area contributed by atoms with E-state index in [1.165, 1.54) is 0 Å². The zero-order valence-electron chi connectivity index (χ0n) is 9.61. The van der Waals surface area contributed by atoms with Crippen LogP contribution in [0.5, 0.6) is 0 Å². The summed E-state index contributed by atoms with van der Waals surface area (Å²) in [5.74, 6) is 0. The minimum absolute atomic E-state index is 0.290. The van der Waals surface area contributed by atoms with E-state index >= 15 is 0 Å². The zero-order valence-corrected chi connectivity index (χ0v) is 10.4. The molecule has 2 heterocycles. The lowest BCUT2D eigenvalue weighted by atomic mass is 10.2. The first-order chi connectivity index (χ1) is 7.76. The number of hydrogen-bond donors (Lipinski definition) is 2. The van der Waals surface area contributed by atoms with E-state index in [-0.39, 0.29) is 0 Å². The lowest BCUT2D eigenvalue weighted by molar-refractivity contribution is 0.568. The van der Waals surface area contributed by atoms with E-state index in [0.29, 0.717) is 6.04 Å². The van der Waals surface area contributed by atoms with E-state index in [4.69, 9.17) is 0 Å². The van der Waals surface area contributed by atoms with Crippen molar-refractivity contribution in [2.45, 2.75) is 26.3 Å². The minimum Gasteiger partial charge on any atom is -0.311 e. The van der Waals surface area contributed by atoms with Gasteiger partial charge in [-0.2, -0.15) is 5.10 Å². The Labute approximate surface area is 98.3 Å². The number of nitrogens with zero attached hydrogens (tertiary/aromatic N) is 3. The van der Waals surface area contributed by atoms with Crippen LogP contribution < -0.4 is 5.32 Å². The van der Waals surface area contributed by atoms with Crippen molar-refractivity contribution in [3.8, 4) is 10.6 Å². The number of aromatic nitrogens is 4. The standard InChI is InChI=1S/C10H15N5S/c1-4-8(11-3)10-15-14-9(16-10)7-5-12-13-6(7)2/h5,8,11H,4H2,1-3H3,(H,12,13). The number of H-pyrrole nitrogens is 1. The molecule has 0 aromatic carbocycles. The Hall–Kier alpha value is -1.27. The Morgan fingerprint density at radius 1 is 1.50 bits per heavy atom. The molecular formula is C10H15N5S. The number of rotatable bonds is 4. The summed E-state index contributed by atoms with van der Waals surface area (Å²) in [7, 11) is 1.94. The van der Waals surface area contributed by atoms with E-state index in [9.17, 15) is 0 Å². The van der Waals surface area contributed by atoms with Gasteiger partial charge in [-0.25, -0.2) is 0 Å². The fourth-order valence-corrected chi connectivity index (χ4v) is 2.66. The van der Waals surface area contributed by atoms with Gasteiger partial charge in [-0.1, -0.05) is 18.3 Å².